The number of fused-ring (bicyclic) bond motifs is 1. The molecular weight excluding hydrogens is 453 g/mol. The first-order valence-corrected chi connectivity index (χ1v) is 9.91. The molecule has 0 radical (unpaired) electrons. The van der Waals surface area contributed by atoms with Gasteiger partial charge in [-0.25, -0.2) is 4.79 Å². The van der Waals surface area contributed by atoms with Crippen LogP contribution in [0.15, 0.2) is 40.1 Å². The van der Waals surface area contributed by atoms with Crippen LogP contribution < -0.4 is 11.2 Å². The van der Waals surface area contributed by atoms with Crippen LogP contribution in [0.25, 0.3) is 0 Å². The van der Waals surface area contributed by atoms with Crippen molar-refractivity contribution in [2.75, 3.05) is 19.6 Å². The van der Waals surface area contributed by atoms with Gasteiger partial charge in [-0.2, -0.15) is 0 Å². The van der Waals surface area contributed by atoms with E-state index in [4.69, 9.17) is 11.6 Å². The van der Waals surface area contributed by atoms with E-state index in [-0.39, 0.29) is 11.2 Å². The highest BCUT2D eigenvalue weighted by Gasteiger charge is 2.60. The van der Waals surface area contributed by atoms with Crippen LogP contribution in [0, 0.1) is 9.49 Å². The first-order chi connectivity index (χ1) is 12.0. The lowest BCUT2D eigenvalue weighted by Crippen LogP contribution is -2.33. The molecule has 1 aromatic heterocycles. The number of rotatable bonds is 5. The summed E-state index contributed by atoms with van der Waals surface area (Å²) in [7, 11) is 0. The highest BCUT2D eigenvalue weighted by molar-refractivity contribution is 14.1. The summed E-state index contributed by atoms with van der Waals surface area (Å²) >= 11 is 7.96. The predicted molar refractivity (Wildman–Crippen MR) is 106 cm³/mol. The predicted octanol–water partition coefficient (Wildman–Crippen LogP) is 2.46. The number of hydrogen-bond acceptors (Lipinski definition) is 3. The molecule has 2 fully saturated rings. The van der Waals surface area contributed by atoms with Gasteiger partial charge < -0.3 is 4.90 Å². The third kappa shape index (κ3) is 3.31. The summed E-state index contributed by atoms with van der Waals surface area (Å²) in [4.78, 5) is 28.1. The quantitative estimate of drug-likeness (QED) is 0.682. The van der Waals surface area contributed by atoms with E-state index in [1.807, 2.05) is 34.7 Å². The Balaban J connectivity index is 1.35. The zero-order valence-electron chi connectivity index (χ0n) is 13.7. The molecule has 0 spiro atoms. The van der Waals surface area contributed by atoms with Crippen molar-refractivity contribution < 1.29 is 0 Å². The molecule has 132 valence electrons. The fourth-order valence-electron chi connectivity index (χ4n) is 4.10. The van der Waals surface area contributed by atoms with Crippen molar-refractivity contribution in [3.8, 4) is 0 Å². The SMILES string of the molecule is O=c1[nH]c(=O)n(CCCN2C[C@H]3C[C@@]3(c3ccc(Cl)cc3)C2)cc1I. The van der Waals surface area contributed by atoms with E-state index in [0.29, 0.717) is 15.5 Å². The van der Waals surface area contributed by atoms with Crippen molar-refractivity contribution in [1.82, 2.24) is 14.5 Å². The fourth-order valence-corrected chi connectivity index (χ4v) is 4.70. The number of nitrogens with one attached hydrogen (secondary N) is 1. The average Bonchev–Trinajstić information content (AvgIpc) is 3.15. The number of hydrogen-bond donors (Lipinski definition) is 1. The summed E-state index contributed by atoms with van der Waals surface area (Å²) in [6.07, 6.45) is 3.80. The molecule has 0 unspecified atom stereocenters. The third-order valence-electron chi connectivity index (χ3n) is 5.48. The summed E-state index contributed by atoms with van der Waals surface area (Å²) in [5.74, 6) is 0.741. The van der Waals surface area contributed by atoms with Gasteiger partial charge in [0.1, 0.15) is 0 Å². The molecule has 1 aliphatic heterocycles. The second kappa shape index (κ2) is 6.55. The first kappa shape index (κ1) is 17.3. The first-order valence-electron chi connectivity index (χ1n) is 8.46. The number of benzene rings is 1. The molecule has 7 heteroatoms. The van der Waals surface area contributed by atoms with E-state index in [9.17, 15) is 9.59 Å². The molecule has 1 aliphatic carbocycles. The smallest absolute Gasteiger partial charge is 0.302 e. The fraction of sp³-hybridized carbons (Fsp3) is 0.444. The molecule has 1 aromatic carbocycles. The summed E-state index contributed by atoms with van der Waals surface area (Å²) in [6, 6.07) is 8.28. The number of aryl methyl sites for hydroxylation is 1. The van der Waals surface area contributed by atoms with E-state index in [0.717, 1.165) is 37.0 Å². The van der Waals surface area contributed by atoms with Gasteiger partial charge in [0.2, 0.25) is 0 Å². The van der Waals surface area contributed by atoms with Crippen LogP contribution in [0.2, 0.25) is 5.02 Å². The van der Waals surface area contributed by atoms with Crippen molar-refractivity contribution in [3.63, 3.8) is 0 Å². The van der Waals surface area contributed by atoms with Crippen LogP contribution in [0.4, 0.5) is 0 Å². The number of aromatic nitrogens is 2. The van der Waals surface area contributed by atoms with Crippen LogP contribution in [0.5, 0.6) is 0 Å². The molecule has 1 N–H and O–H groups in total. The largest absolute Gasteiger partial charge is 0.328 e. The summed E-state index contributed by atoms with van der Waals surface area (Å²) in [5, 5.41) is 0.785. The van der Waals surface area contributed by atoms with E-state index >= 15 is 0 Å². The second-order valence-corrected chi connectivity index (χ2v) is 8.68. The van der Waals surface area contributed by atoms with Crippen LogP contribution in [-0.2, 0) is 12.0 Å². The van der Waals surface area contributed by atoms with Crippen molar-refractivity contribution in [2.45, 2.75) is 24.8 Å². The lowest BCUT2D eigenvalue weighted by molar-refractivity contribution is 0.287. The molecule has 25 heavy (non-hydrogen) atoms. The standard InChI is InChI=1S/C18H19ClIN3O2/c19-14-4-2-12(3-5-14)18-8-13(18)9-22(11-18)6-1-7-23-10-15(20)16(24)21-17(23)25/h2-5,10,13H,1,6-9,11H2,(H,21,24,25)/t13-,18+/m1/s1. The molecule has 2 aromatic rings. The lowest BCUT2D eigenvalue weighted by atomic mass is 9.95. The van der Waals surface area contributed by atoms with Gasteiger partial charge in [0.05, 0.1) is 3.57 Å². The van der Waals surface area contributed by atoms with Crippen LogP contribution in [0.3, 0.4) is 0 Å². The molecule has 5 nitrogen and oxygen atoms in total. The maximum atomic E-state index is 11.8. The van der Waals surface area contributed by atoms with Crippen molar-refractivity contribution in [3.05, 3.63) is 65.5 Å². The van der Waals surface area contributed by atoms with Crippen LogP contribution >= 0.6 is 34.2 Å². The number of H-pyrrole nitrogens is 1. The number of halogens is 2. The van der Waals surface area contributed by atoms with E-state index in [1.54, 1.807) is 10.8 Å². The van der Waals surface area contributed by atoms with Crippen molar-refractivity contribution in [2.24, 2.45) is 5.92 Å². The lowest BCUT2D eigenvalue weighted by Gasteiger charge is -2.21. The molecule has 0 bridgehead atoms. The van der Waals surface area contributed by atoms with E-state index in [1.165, 1.54) is 12.0 Å². The van der Waals surface area contributed by atoms with Gasteiger partial charge in [-0.05, 0) is 65.6 Å². The van der Waals surface area contributed by atoms with Gasteiger partial charge in [0.15, 0.2) is 0 Å². The number of piperidine rings is 1. The van der Waals surface area contributed by atoms with E-state index < -0.39 is 0 Å². The van der Waals surface area contributed by atoms with Gasteiger partial charge in [-0.15, -0.1) is 0 Å². The van der Waals surface area contributed by atoms with Crippen molar-refractivity contribution in [1.29, 1.82) is 0 Å². The van der Waals surface area contributed by atoms with Crippen LogP contribution in [0.1, 0.15) is 18.4 Å². The molecular formula is C18H19ClIN3O2. The van der Waals surface area contributed by atoms with Gasteiger partial charge in [-0.3, -0.25) is 14.3 Å². The summed E-state index contributed by atoms with van der Waals surface area (Å²) in [6.45, 7) is 3.80. The highest BCUT2D eigenvalue weighted by Crippen LogP contribution is 2.59. The Morgan fingerprint density at radius 1 is 1.24 bits per heavy atom. The number of aromatic amines is 1. The molecule has 2 heterocycles. The van der Waals surface area contributed by atoms with Gasteiger partial charge >= 0.3 is 5.69 Å². The van der Waals surface area contributed by atoms with Gasteiger partial charge in [0.25, 0.3) is 5.56 Å². The molecule has 1 saturated carbocycles. The summed E-state index contributed by atoms with van der Waals surface area (Å²) < 4.78 is 2.14. The zero-order valence-corrected chi connectivity index (χ0v) is 16.6. The molecule has 4 rings (SSSR count). The summed E-state index contributed by atoms with van der Waals surface area (Å²) in [5.41, 5.74) is 1.07. The molecule has 2 atom stereocenters. The Morgan fingerprint density at radius 3 is 2.76 bits per heavy atom. The monoisotopic (exact) mass is 471 g/mol. The van der Waals surface area contributed by atoms with Crippen molar-refractivity contribution >= 4 is 34.2 Å². The maximum absolute atomic E-state index is 11.8. The Hall–Kier alpha value is -1.12. The Bertz CT molecular complexity index is 908. The highest BCUT2D eigenvalue weighted by atomic mass is 127. The number of nitrogens with zero attached hydrogens (tertiary/aromatic N) is 2. The maximum Gasteiger partial charge on any atom is 0.328 e. The van der Waals surface area contributed by atoms with E-state index in [2.05, 4.69) is 22.0 Å². The minimum absolute atomic E-state index is 0.314. The van der Waals surface area contributed by atoms with Crippen LogP contribution in [-0.4, -0.2) is 34.1 Å². The van der Waals surface area contributed by atoms with Gasteiger partial charge in [0, 0.05) is 36.3 Å². The average molecular weight is 472 g/mol. The topological polar surface area (TPSA) is 58.1 Å². The Labute approximate surface area is 164 Å². The normalized spacial score (nSPS) is 25.1. The zero-order chi connectivity index (χ0) is 17.6. The molecule has 1 saturated heterocycles. The minimum Gasteiger partial charge on any atom is -0.302 e. The van der Waals surface area contributed by atoms with Gasteiger partial charge in [-0.1, -0.05) is 23.7 Å². The Kier molecular flexibility index (Phi) is 4.54. The number of likely N-dealkylation sites (tertiary alicyclic amines) is 1. The Morgan fingerprint density at radius 2 is 2.00 bits per heavy atom. The molecule has 2 aliphatic rings. The third-order valence-corrected chi connectivity index (χ3v) is 6.50. The molecule has 0 amide bonds. The minimum atomic E-state index is -0.327. The second-order valence-electron chi connectivity index (χ2n) is 7.08.